The quantitative estimate of drug-likeness (QED) is 0.789. The molecule has 2 aromatic rings. The normalized spacial score (nSPS) is 12.2. The van der Waals surface area contributed by atoms with E-state index < -0.39 is 0 Å². The van der Waals surface area contributed by atoms with E-state index in [1.54, 1.807) is 4.68 Å². The van der Waals surface area contributed by atoms with E-state index in [0.29, 0.717) is 10.9 Å². The van der Waals surface area contributed by atoms with Gasteiger partial charge in [0, 0.05) is 6.04 Å². The van der Waals surface area contributed by atoms with Crippen LogP contribution in [0.4, 0.5) is 0 Å². The molecule has 0 saturated heterocycles. The van der Waals surface area contributed by atoms with E-state index >= 15 is 0 Å². The molecule has 1 aromatic carbocycles. The Morgan fingerprint density at radius 1 is 1.39 bits per heavy atom. The monoisotopic (exact) mass is 333 g/mol. The summed E-state index contributed by atoms with van der Waals surface area (Å²) in [5, 5.41) is 15.4. The number of amides is 1. The standard InChI is InChI=1S/C16H23N5OS/c1-5-6-13(4)17-15(22)10-23-16-18-19-20-21(16)14-8-7-11(2)9-12(14)3/h7-9,13H,5-6,10H2,1-4H3,(H,17,22)/t13-/m1/s1. The number of hydrogen-bond donors (Lipinski definition) is 1. The summed E-state index contributed by atoms with van der Waals surface area (Å²) in [6, 6.07) is 6.31. The molecule has 1 atom stereocenters. The summed E-state index contributed by atoms with van der Waals surface area (Å²) in [5.41, 5.74) is 3.22. The minimum absolute atomic E-state index is 0.00567. The number of carbonyl (C=O) groups is 1. The van der Waals surface area contributed by atoms with Gasteiger partial charge in [0.15, 0.2) is 0 Å². The zero-order chi connectivity index (χ0) is 16.8. The molecule has 0 aliphatic rings. The van der Waals surface area contributed by atoms with Crippen LogP contribution in [0.5, 0.6) is 0 Å². The van der Waals surface area contributed by atoms with Crippen molar-refractivity contribution in [2.75, 3.05) is 5.75 Å². The minimum atomic E-state index is 0.00567. The number of nitrogens with zero attached hydrogens (tertiary/aromatic N) is 4. The van der Waals surface area contributed by atoms with Gasteiger partial charge < -0.3 is 5.32 Å². The van der Waals surface area contributed by atoms with E-state index in [1.807, 2.05) is 32.9 Å². The lowest BCUT2D eigenvalue weighted by Gasteiger charge is -2.12. The Bertz CT molecular complexity index is 670. The first-order chi connectivity index (χ1) is 11.0. The lowest BCUT2D eigenvalue weighted by molar-refractivity contribution is -0.119. The third-order valence-corrected chi connectivity index (χ3v) is 4.40. The molecule has 2 rings (SSSR count). The maximum atomic E-state index is 12.0. The molecule has 0 unspecified atom stereocenters. The molecule has 0 spiro atoms. The minimum Gasteiger partial charge on any atom is -0.353 e. The van der Waals surface area contributed by atoms with Crippen molar-refractivity contribution in [1.29, 1.82) is 0 Å². The van der Waals surface area contributed by atoms with Crippen LogP contribution >= 0.6 is 11.8 Å². The second kappa shape index (κ2) is 8.10. The Morgan fingerprint density at radius 3 is 2.87 bits per heavy atom. The highest BCUT2D eigenvalue weighted by atomic mass is 32.2. The van der Waals surface area contributed by atoms with Crippen molar-refractivity contribution in [2.45, 2.75) is 51.7 Å². The third-order valence-electron chi connectivity index (χ3n) is 3.48. The molecule has 6 nitrogen and oxygen atoms in total. The first-order valence-electron chi connectivity index (χ1n) is 7.79. The second-order valence-electron chi connectivity index (χ2n) is 5.71. The average molecular weight is 333 g/mol. The number of thioether (sulfide) groups is 1. The molecule has 0 radical (unpaired) electrons. The predicted molar refractivity (Wildman–Crippen MR) is 91.9 cm³/mol. The van der Waals surface area contributed by atoms with E-state index in [1.165, 1.54) is 17.3 Å². The summed E-state index contributed by atoms with van der Waals surface area (Å²) in [5.74, 6) is 0.311. The molecule has 0 bridgehead atoms. The first kappa shape index (κ1) is 17.5. The Kier molecular flexibility index (Phi) is 6.15. The maximum absolute atomic E-state index is 12.0. The van der Waals surface area contributed by atoms with Crippen LogP contribution in [0, 0.1) is 13.8 Å². The number of tetrazole rings is 1. The highest BCUT2D eigenvalue weighted by Gasteiger charge is 2.14. The van der Waals surface area contributed by atoms with Gasteiger partial charge in [0.25, 0.3) is 0 Å². The highest BCUT2D eigenvalue weighted by molar-refractivity contribution is 7.99. The Balaban J connectivity index is 2.03. The molecular weight excluding hydrogens is 310 g/mol. The predicted octanol–water partition coefficient (Wildman–Crippen LogP) is 2.68. The van der Waals surface area contributed by atoms with Crippen molar-refractivity contribution in [3.63, 3.8) is 0 Å². The van der Waals surface area contributed by atoms with E-state index in [2.05, 4.69) is 33.8 Å². The molecule has 1 amide bonds. The van der Waals surface area contributed by atoms with E-state index in [4.69, 9.17) is 0 Å². The molecule has 1 heterocycles. The number of hydrogen-bond acceptors (Lipinski definition) is 5. The fraction of sp³-hybridized carbons (Fsp3) is 0.500. The Labute approximate surface area is 141 Å². The van der Waals surface area contributed by atoms with Crippen molar-refractivity contribution in [2.24, 2.45) is 0 Å². The lowest BCUT2D eigenvalue weighted by atomic mass is 10.1. The van der Waals surface area contributed by atoms with Crippen LogP contribution in [0.3, 0.4) is 0 Å². The topological polar surface area (TPSA) is 72.7 Å². The number of benzene rings is 1. The fourth-order valence-electron chi connectivity index (χ4n) is 2.41. The molecule has 124 valence electrons. The fourth-order valence-corrected chi connectivity index (χ4v) is 3.11. The van der Waals surface area contributed by atoms with Gasteiger partial charge in [-0.2, -0.15) is 4.68 Å². The molecule has 0 aliphatic heterocycles. The molecule has 0 fully saturated rings. The Morgan fingerprint density at radius 2 is 2.17 bits per heavy atom. The number of aryl methyl sites for hydroxylation is 2. The van der Waals surface area contributed by atoms with E-state index in [9.17, 15) is 4.79 Å². The molecule has 0 saturated carbocycles. The summed E-state index contributed by atoms with van der Waals surface area (Å²) in [4.78, 5) is 12.0. The first-order valence-corrected chi connectivity index (χ1v) is 8.78. The van der Waals surface area contributed by atoms with Gasteiger partial charge >= 0.3 is 0 Å². The van der Waals surface area contributed by atoms with Crippen molar-refractivity contribution in [1.82, 2.24) is 25.5 Å². The third kappa shape index (κ3) is 4.79. The summed E-state index contributed by atoms with van der Waals surface area (Å²) < 4.78 is 1.68. The Hall–Kier alpha value is -1.89. The molecule has 0 aliphatic carbocycles. The van der Waals surface area contributed by atoms with Crippen LogP contribution in [0.1, 0.15) is 37.8 Å². The van der Waals surface area contributed by atoms with Gasteiger partial charge in [-0.25, -0.2) is 0 Å². The van der Waals surface area contributed by atoms with Gasteiger partial charge in [-0.1, -0.05) is 42.8 Å². The number of aromatic nitrogens is 4. The summed E-state index contributed by atoms with van der Waals surface area (Å²) in [6.45, 7) is 8.20. The zero-order valence-electron chi connectivity index (χ0n) is 14.0. The molecular formula is C16H23N5OS. The average Bonchev–Trinajstić information content (AvgIpc) is 2.93. The number of rotatable bonds is 7. The summed E-state index contributed by atoms with van der Waals surface area (Å²) in [7, 11) is 0. The molecule has 1 aromatic heterocycles. The highest BCUT2D eigenvalue weighted by Crippen LogP contribution is 2.21. The lowest BCUT2D eigenvalue weighted by Crippen LogP contribution is -2.33. The van der Waals surface area contributed by atoms with Crippen LogP contribution in [0.25, 0.3) is 5.69 Å². The SMILES string of the molecule is CCC[C@@H](C)NC(=O)CSc1nnnn1-c1ccc(C)cc1C. The second-order valence-corrected chi connectivity index (χ2v) is 6.65. The molecule has 7 heteroatoms. The van der Waals surface area contributed by atoms with Gasteiger partial charge in [-0.05, 0) is 49.2 Å². The van der Waals surface area contributed by atoms with Crippen molar-refractivity contribution >= 4 is 17.7 Å². The van der Waals surface area contributed by atoms with Crippen LogP contribution in [-0.2, 0) is 4.79 Å². The van der Waals surface area contributed by atoms with Gasteiger partial charge in [-0.15, -0.1) is 5.10 Å². The summed E-state index contributed by atoms with van der Waals surface area (Å²) >= 11 is 1.34. The zero-order valence-corrected chi connectivity index (χ0v) is 14.9. The van der Waals surface area contributed by atoms with Gasteiger partial charge in [-0.3, -0.25) is 4.79 Å². The van der Waals surface area contributed by atoms with Crippen LogP contribution < -0.4 is 5.32 Å². The van der Waals surface area contributed by atoms with Gasteiger partial charge in [0.05, 0.1) is 11.4 Å². The van der Waals surface area contributed by atoms with Crippen LogP contribution in [-0.4, -0.2) is 37.9 Å². The van der Waals surface area contributed by atoms with E-state index in [0.717, 1.165) is 24.1 Å². The number of nitrogens with one attached hydrogen (secondary N) is 1. The van der Waals surface area contributed by atoms with Crippen molar-refractivity contribution in [3.8, 4) is 5.69 Å². The van der Waals surface area contributed by atoms with Gasteiger partial charge in [0.2, 0.25) is 11.1 Å². The molecule has 1 N–H and O–H groups in total. The van der Waals surface area contributed by atoms with Crippen molar-refractivity contribution < 1.29 is 4.79 Å². The van der Waals surface area contributed by atoms with E-state index in [-0.39, 0.29) is 11.9 Å². The maximum Gasteiger partial charge on any atom is 0.230 e. The summed E-state index contributed by atoms with van der Waals surface area (Å²) in [6.07, 6.45) is 2.04. The van der Waals surface area contributed by atoms with Gasteiger partial charge in [0.1, 0.15) is 0 Å². The largest absolute Gasteiger partial charge is 0.353 e. The smallest absolute Gasteiger partial charge is 0.230 e. The number of carbonyl (C=O) groups excluding carboxylic acids is 1. The van der Waals surface area contributed by atoms with Crippen LogP contribution in [0.15, 0.2) is 23.4 Å². The van der Waals surface area contributed by atoms with Crippen molar-refractivity contribution in [3.05, 3.63) is 29.3 Å². The van der Waals surface area contributed by atoms with Crippen LogP contribution in [0.2, 0.25) is 0 Å². The molecule has 23 heavy (non-hydrogen) atoms.